The summed E-state index contributed by atoms with van der Waals surface area (Å²) in [6, 6.07) is 23.5. The van der Waals surface area contributed by atoms with Crippen LogP contribution in [0.1, 0.15) is 28.3 Å². The van der Waals surface area contributed by atoms with Crippen LogP contribution in [0.3, 0.4) is 0 Å². The molecule has 1 atom stereocenters. The summed E-state index contributed by atoms with van der Waals surface area (Å²) in [6.07, 6.45) is 1.46. The Morgan fingerprint density at radius 2 is 1.67 bits per heavy atom. The number of amides is 1. The Bertz CT molecular complexity index is 917. The standard InChI is InChI=1S/C25H29N3OS/c26-25(29)19-23(24-7-4-18-30-24)21-8-10-22(11-9-21)28-16-14-27(15-17-28)13-12-20-5-2-1-3-6-20/h1-11,18,23H,12-17,19H2,(H2,26,29). The van der Waals surface area contributed by atoms with Crippen LogP contribution in [0, 0.1) is 0 Å². The molecule has 1 aliphatic heterocycles. The average molecular weight is 420 g/mol. The first-order valence-electron chi connectivity index (χ1n) is 10.6. The van der Waals surface area contributed by atoms with Crippen LogP contribution in [0.4, 0.5) is 5.69 Å². The molecule has 1 aliphatic rings. The first-order chi connectivity index (χ1) is 14.7. The van der Waals surface area contributed by atoms with E-state index in [9.17, 15) is 4.79 Å². The number of hydrogen-bond acceptors (Lipinski definition) is 4. The van der Waals surface area contributed by atoms with E-state index in [0.29, 0.717) is 6.42 Å². The molecule has 1 unspecified atom stereocenters. The van der Waals surface area contributed by atoms with Gasteiger partial charge in [-0.05, 0) is 41.1 Å². The Kier molecular flexibility index (Phi) is 6.82. The summed E-state index contributed by atoms with van der Waals surface area (Å²) < 4.78 is 0. The van der Waals surface area contributed by atoms with Gasteiger partial charge in [-0.2, -0.15) is 0 Å². The van der Waals surface area contributed by atoms with Crippen molar-refractivity contribution < 1.29 is 4.79 Å². The molecule has 4 rings (SSSR count). The number of thiophene rings is 1. The van der Waals surface area contributed by atoms with E-state index in [1.165, 1.54) is 16.1 Å². The zero-order valence-electron chi connectivity index (χ0n) is 17.2. The van der Waals surface area contributed by atoms with Gasteiger partial charge in [-0.25, -0.2) is 0 Å². The van der Waals surface area contributed by atoms with E-state index in [0.717, 1.165) is 44.7 Å². The predicted molar refractivity (Wildman–Crippen MR) is 125 cm³/mol. The summed E-state index contributed by atoms with van der Waals surface area (Å²) in [5.74, 6) is -0.213. The van der Waals surface area contributed by atoms with E-state index in [4.69, 9.17) is 5.73 Å². The van der Waals surface area contributed by atoms with Crippen molar-refractivity contribution in [2.45, 2.75) is 18.8 Å². The molecule has 0 aliphatic carbocycles. The molecule has 1 fully saturated rings. The van der Waals surface area contributed by atoms with Gasteiger partial charge >= 0.3 is 0 Å². The predicted octanol–water partition coefficient (Wildman–Crippen LogP) is 4.12. The van der Waals surface area contributed by atoms with E-state index >= 15 is 0 Å². The smallest absolute Gasteiger partial charge is 0.218 e. The van der Waals surface area contributed by atoms with Gasteiger partial charge in [0.05, 0.1) is 0 Å². The summed E-state index contributed by atoms with van der Waals surface area (Å²) in [5.41, 5.74) is 9.33. The van der Waals surface area contributed by atoms with Crippen molar-refractivity contribution in [2.24, 2.45) is 5.73 Å². The Hall–Kier alpha value is -2.63. The molecule has 2 heterocycles. The minimum absolute atomic E-state index is 0.0476. The molecule has 0 radical (unpaired) electrons. The lowest BCUT2D eigenvalue weighted by atomic mass is 9.93. The van der Waals surface area contributed by atoms with Crippen molar-refractivity contribution in [3.8, 4) is 0 Å². The summed E-state index contributed by atoms with van der Waals surface area (Å²) in [4.78, 5) is 17.8. The number of benzene rings is 2. The van der Waals surface area contributed by atoms with Crippen molar-refractivity contribution in [3.05, 3.63) is 88.1 Å². The van der Waals surface area contributed by atoms with E-state index in [1.807, 2.05) is 6.07 Å². The second-order valence-electron chi connectivity index (χ2n) is 7.89. The molecule has 1 saturated heterocycles. The summed E-state index contributed by atoms with van der Waals surface area (Å²) in [7, 11) is 0. The van der Waals surface area contributed by atoms with Crippen molar-refractivity contribution >= 4 is 22.9 Å². The number of piperazine rings is 1. The van der Waals surface area contributed by atoms with E-state index in [1.54, 1.807) is 11.3 Å². The Morgan fingerprint density at radius 3 is 2.30 bits per heavy atom. The van der Waals surface area contributed by atoms with Crippen LogP contribution in [-0.2, 0) is 11.2 Å². The maximum Gasteiger partial charge on any atom is 0.218 e. The van der Waals surface area contributed by atoms with Crippen molar-refractivity contribution in [1.29, 1.82) is 0 Å². The number of anilines is 1. The highest BCUT2D eigenvalue weighted by atomic mass is 32.1. The zero-order valence-corrected chi connectivity index (χ0v) is 18.1. The van der Waals surface area contributed by atoms with Gasteiger partial charge in [-0.1, -0.05) is 48.5 Å². The molecule has 5 heteroatoms. The monoisotopic (exact) mass is 419 g/mol. The zero-order chi connectivity index (χ0) is 20.8. The molecular formula is C25H29N3OS. The number of rotatable bonds is 8. The number of carbonyl (C=O) groups excluding carboxylic acids is 1. The second kappa shape index (κ2) is 9.92. The first-order valence-corrected chi connectivity index (χ1v) is 11.5. The van der Waals surface area contributed by atoms with Crippen LogP contribution in [0.25, 0.3) is 0 Å². The van der Waals surface area contributed by atoms with Crippen molar-refractivity contribution in [3.63, 3.8) is 0 Å². The summed E-state index contributed by atoms with van der Waals surface area (Å²) >= 11 is 1.68. The molecule has 0 saturated carbocycles. The van der Waals surface area contributed by atoms with Crippen LogP contribution in [0.5, 0.6) is 0 Å². The van der Waals surface area contributed by atoms with Crippen LogP contribution >= 0.6 is 11.3 Å². The molecule has 1 aromatic heterocycles. The number of nitrogens with zero attached hydrogens (tertiary/aromatic N) is 2. The maximum absolute atomic E-state index is 11.6. The van der Waals surface area contributed by atoms with E-state index in [-0.39, 0.29) is 11.8 Å². The normalized spacial score (nSPS) is 15.8. The second-order valence-corrected chi connectivity index (χ2v) is 8.87. The molecule has 3 aromatic rings. The molecule has 2 aromatic carbocycles. The van der Waals surface area contributed by atoms with Crippen LogP contribution in [-0.4, -0.2) is 43.5 Å². The number of primary amides is 1. The number of nitrogens with two attached hydrogens (primary N) is 1. The molecule has 0 spiro atoms. The molecule has 1 amide bonds. The van der Waals surface area contributed by atoms with Gasteiger partial charge in [-0.15, -0.1) is 11.3 Å². The third-order valence-corrected chi connectivity index (χ3v) is 6.87. The summed E-state index contributed by atoms with van der Waals surface area (Å²) in [5, 5.41) is 2.05. The topological polar surface area (TPSA) is 49.6 Å². The molecule has 30 heavy (non-hydrogen) atoms. The lowest BCUT2D eigenvalue weighted by Crippen LogP contribution is -2.47. The fourth-order valence-electron chi connectivity index (χ4n) is 4.15. The number of hydrogen-bond donors (Lipinski definition) is 1. The molecule has 4 nitrogen and oxygen atoms in total. The van der Waals surface area contributed by atoms with Gasteiger partial charge in [0.1, 0.15) is 0 Å². The van der Waals surface area contributed by atoms with Gasteiger partial charge in [0.15, 0.2) is 0 Å². The number of carbonyl (C=O) groups is 1. The van der Waals surface area contributed by atoms with Crippen LogP contribution in [0.15, 0.2) is 72.1 Å². The van der Waals surface area contributed by atoms with E-state index < -0.39 is 0 Å². The maximum atomic E-state index is 11.6. The van der Waals surface area contributed by atoms with Gasteiger partial charge in [0, 0.05) is 55.6 Å². The third kappa shape index (κ3) is 5.29. The third-order valence-electron chi connectivity index (χ3n) is 5.88. The quantitative estimate of drug-likeness (QED) is 0.598. The molecule has 156 valence electrons. The lowest BCUT2D eigenvalue weighted by Gasteiger charge is -2.36. The van der Waals surface area contributed by atoms with Gasteiger partial charge in [0.2, 0.25) is 5.91 Å². The highest BCUT2D eigenvalue weighted by Crippen LogP contribution is 2.32. The Labute approximate surface area is 182 Å². The molecule has 2 N–H and O–H groups in total. The first kappa shape index (κ1) is 20.6. The van der Waals surface area contributed by atoms with Gasteiger partial charge in [-0.3, -0.25) is 9.69 Å². The molecule has 0 bridgehead atoms. The fourth-order valence-corrected chi connectivity index (χ4v) is 5.01. The lowest BCUT2D eigenvalue weighted by molar-refractivity contribution is -0.118. The van der Waals surface area contributed by atoms with Crippen LogP contribution < -0.4 is 10.6 Å². The highest BCUT2D eigenvalue weighted by Gasteiger charge is 2.20. The minimum Gasteiger partial charge on any atom is -0.370 e. The van der Waals surface area contributed by atoms with Crippen molar-refractivity contribution in [1.82, 2.24) is 4.90 Å². The van der Waals surface area contributed by atoms with E-state index in [2.05, 4.69) is 75.8 Å². The Morgan fingerprint density at radius 1 is 0.933 bits per heavy atom. The molecular weight excluding hydrogens is 390 g/mol. The van der Waals surface area contributed by atoms with Gasteiger partial charge < -0.3 is 10.6 Å². The van der Waals surface area contributed by atoms with Crippen LogP contribution in [0.2, 0.25) is 0 Å². The average Bonchev–Trinajstić information content (AvgIpc) is 3.32. The van der Waals surface area contributed by atoms with Crippen molar-refractivity contribution in [2.75, 3.05) is 37.6 Å². The fraction of sp³-hybridized carbons (Fsp3) is 0.320. The van der Waals surface area contributed by atoms with Gasteiger partial charge in [0.25, 0.3) is 0 Å². The highest BCUT2D eigenvalue weighted by molar-refractivity contribution is 7.10. The minimum atomic E-state index is -0.260. The summed E-state index contributed by atoms with van der Waals surface area (Å²) in [6.45, 7) is 5.39. The SMILES string of the molecule is NC(=O)CC(c1ccc(N2CCN(CCc3ccccc3)CC2)cc1)c1cccs1. The Balaban J connectivity index is 1.34. The largest absolute Gasteiger partial charge is 0.370 e.